The highest BCUT2D eigenvalue weighted by atomic mass is 35.5. The molecule has 0 bridgehead atoms. The van der Waals surface area contributed by atoms with Crippen LogP contribution in [0, 0.1) is 0 Å². The molecule has 2 rings (SSSR count). The second-order valence-electron chi connectivity index (χ2n) is 3.95. The second-order valence-corrected chi connectivity index (χ2v) is 5.42. The molecule has 0 saturated heterocycles. The fourth-order valence-electron chi connectivity index (χ4n) is 1.57. The van der Waals surface area contributed by atoms with Gasteiger partial charge in [0, 0.05) is 11.3 Å². The maximum Gasteiger partial charge on any atom is 0.345 e. The molecule has 0 fully saturated rings. The smallest absolute Gasteiger partial charge is 0.345 e. The Morgan fingerprint density at radius 2 is 2.15 bits per heavy atom. The lowest BCUT2D eigenvalue weighted by Crippen LogP contribution is -2.11. The molecular weight excluding hydrogens is 300 g/mol. The molecule has 0 aliphatic rings. The first kappa shape index (κ1) is 14.5. The van der Waals surface area contributed by atoms with Crippen LogP contribution in [0.15, 0.2) is 24.3 Å². The van der Waals surface area contributed by atoms with Crippen molar-refractivity contribution in [1.82, 2.24) is 4.98 Å². The molecule has 20 heavy (non-hydrogen) atoms. The van der Waals surface area contributed by atoms with E-state index in [9.17, 15) is 9.59 Å². The maximum atomic E-state index is 12.1. The van der Waals surface area contributed by atoms with E-state index in [1.165, 1.54) is 12.1 Å². The number of carboxylic acids is 1. The van der Waals surface area contributed by atoms with Crippen LogP contribution in [0.1, 0.15) is 32.6 Å². The number of carboxylic acid groups (broad SMARTS) is 1. The van der Waals surface area contributed by atoms with Crippen molar-refractivity contribution in [2.75, 3.05) is 5.32 Å². The van der Waals surface area contributed by atoms with Gasteiger partial charge in [-0.15, -0.1) is 11.3 Å². The van der Waals surface area contributed by atoms with Crippen LogP contribution in [0.2, 0.25) is 5.15 Å². The standard InChI is InChI=1S/C13H11ClN2O3S/c1-2-8-5-7(6-10(14)15-8)12(17)16-11-4-3-9(20-11)13(18)19/h3-6H,2H2,1H3,(H,16,17)(H,18,19). The summed E-state index contributed by atoms with van der Waals surface area (Å²) in [6.07, 6.45) is 0.670. The van der Waals surface area contributed by atoms with Crippen LogP contribution < -0.4 is 5.32 Å². The fraction of sp³-hybridized carbons (Fsp3) is 0.154. The number of rotatable bonds is 4. The van der Waals surface area contributed by atoms with E-state index < -0.39 is 5.97 Å². The van der Waals surface area contributed by atoms with E-state index in [0.717, 1.165) is 17.0 Å². The topological polar surface area (TPSA) is 79.3 Å². The van der Waals surface area contributed by atoms with Crippen molar-refractivity contribution < 1.29 is 14.7 Å². The molecule has 2 N–H and O–H groups in total. The monoisotopic (exact) mass is 310 g/mol. The minimum absolute atomic E-state index is 0.169. The highest BCUT2D eigenvalue weighted by Crippen LogP contribution is 2.23. The number of hydrogen-bond acceptors (Lipinski definition) is 4. The molecule has 2 heterocycles. The molecule has 5 nitrogen and oxygen atoms in total. The van der Waals surface area contributed by atoms with Gasteiger partial charge in [-0.1, -0.05) is 18.5 Å². The molecule has 104 valence electrons. The predicted molar refractivity (Wildman–Crippen MR) is 77.9 cm³/mol. The number of pyridine rings is 1. The second kappa shape index (κ2) is 6.02. The first-order valence-electron chi connectivity index (χ1n) is 5.80. The van der Waals surface area contributed by atoms with E-state index in [0.29, 0.717) is 17.0 Å². The number of amides is 1. The Bertz CT molecular complexity index is 669. The van der Waals surface area contributed by atoms with E-state index in [-0.39, 0.29) is 15.9 Å². The summed E-state index contributed by atoms with van der Waals surface area (Å²) >= 11 is 6.85. The van der Waals surface area contributed by atoms with Gasteiger partial charge >= 0.3 is 5.97 Å². The number of carbonyl (C=O) groups excluding carboxylic acids is 1. The molecule has 0 spiro atoms. The SMILES string of the molecule is CCc1cc(C(=O)Nc2ccc(C(=O)O)s2)cc(Cl)n1. The Kier molecular flexibility index (Phi) is 4.36. The molecular formula is C13H11ClN2O3S. The van der Waals surface area contributed by atoms with Gasteiger partial charge in [-0.05, 0) is 30.7 Å². The van der Waals surface area contributed by atoms with Crippen LogP contribution in [0.4, 0.5) is 5.00 Å². The van der Waals surface area contributed by atoms with E-state index >= 15 is 0 Å². The highest BCUT2D eigenvalue weighted by Gasteiger charge is 2.12. The van der Waals surface area contributed by atoms with Crippen molar-refractivity contribution in [2.24, 2.45) is 0 Å². The quantitative estimate of drug-likeness (QED) is 0.849. The van der Waals surface area contributed by atoms with Crippen LogP contribution in [0.25, 0.3) is 0 Å². The van der Waals surface area contributed by atoms with Crippen molar-refractivity contribution in [3.8, 4) is 0 Å². The van der Waals surface area contributed by atoms with Crippen molar-refractivity contribution in [3.05, 3.63) is 45.6 Å². The summed E-state index contributed by atoms with van der Waals surface area (Å²) in [5.41, 5.74) is 1.12. The van der Waals surface area contributed by atoms with Crippen LogP contribution in [0.5, 0.6) is 0 Å². The highest BCUT2D eigenvalue weighted by molar-refractivity contribution is 7.18. The maximum absolute atomic E-state index is 12.1. The molecule has 0 saturated carbocycles. The first-order chi connectivity index (χ1) is 9.49. The molecule has 0 unspecified atom stereocenters. The van der Waals surface area contributed by atoms with Crippen LogP contribution in [-0.4, -0.2) is 22.0 Å². The Morgan fingerprint density at radius 3 is 2.75 bits per heavy atom. The Morgan fingerprint density at radius 1 is 1.40 bits per heavy atom. The number of aromatic nitrogens is 1. The van der Waals surface area contributed by atoms with Crippen molar-refractivity contribution in [3.63, 3.8) is 0 Å². The summed E-state index contributed by atoms with van der Waals surface area (Å²) < 4.78 is 0. The van der Waals surface area contributed by atoms with E-state index in [4.69, 9.17) is 16.7 Å². The van der Waals surface area contributed by atoms with E-state index in [1.54, 1.807) is 12.1 Å². The Balaban J connectivity index is 2.18. The van der Waals surface area contributed by atoms with Gasteiger partial charge in [-0.2, -0.15) is 0 Å². The summed E-state index contributed by atoms with van der Waals surface area (Å²) in [5, 5.41) is 12.2. The molecule has 7 heteroatoms. The zero-order valence-corrected chi connectivity index (χ0v) is 12.1. The van der Waals surface area contributed by atoms with Crippen LogP contribution in [0.3, 0.4) is 0 Å². The predicted octanol–water partition coefficient (Wildman–Crippen LogP) is 3.31. The first-order valence-corrected chi connectivity index (χ1v) is 7.00. The summed E-state index contributed by atoms with van der Waals surface area (Å²) in [6.45, 7) is 1.92. The number of halogens is 1. The van der Waals surface area contributed by atoms with Crippen LogP contribution >= 0.6 is 22.9 Å². The number of carbonyl (C=O) groups is 2. The molecule has 0 aliphatic carbocycles. The minimum Gasteiger partial charge on any atom is -0.477 e. The Labute approximate surface area is 124 Å². The molecule has 0 aromatic carbocycles. The zero-order valence-electron chi connectivity index (χ0n) is 10.5. The molecule has 0 atom stereocenters. The van der Waals surface area contributed by atoms with Gasteiger partial charge in [0.2, 0.25) is 0 Å². The molecule has 0 radical (unpaired) electrons. The van der Waals surface area contributed by atoms with Gasteiger partial charge in [0.05, 0.1) is 5.00 Å². The van der Waals surface area contributed by atoms with Crippen LogP contribution in [-0.2, 0) is 6.42 Å². The van der Waals surface area contributed by atoms with Gasteiger partial charge in [0.15, 0.2) is 0 Å². The van der Waals surface area contributed by atoms with Gasteiger partial charge < -0.3 is 10.4 Å². The lowest BCUT2D eigenvalue weighted by Gasteiger charge is -2.05. The Hall–Kier alpha value is -1.92. The number of aryl methyl sites for hydroxylation is 1. The summed E-state index contributed by atoms with van der Waals surface area (Å²) in [6, 6.07) is 6.13. The van der Waals surface area contributed by atoms with E-state index in [1.807, 2.05) is 6.92 Å². The lowest BCUT2D eigenvalue weighted by molar-refractivity contribution is 0.0702. The summed E-state index contributed by atoms with van der Waals surface area (Å²) in [4.78, 5) is 27.1. The summed E-state index contributed by atoms with van der Waals surface area (Å²) in [7, 11) is 0. The number of thiophene rings is 1. The third kappa shape index (κ3) is 3.34. The number of aromatic carboxylic acids is 1. The molecule has 2 aromatic heterocycles. The van der Waals surface area contributed by atoms with Gasteiger partial charge in [-0.3, -0.25) is 4.79 Å². The zero-order chi connectivity index (χ0) is 14.7. The molecule has 1 amide bonds. The third-order valence-corrected chi connectivity index (χ3v) is 3.71. The number of nitrogens with zero attached hydrogens (tertiary/aromatic N) is 1. The fourth-order valence-corrected chi connectivity index (χ4v) is 2.53. The lowest BCUT2D eigenvalue weighted by atomic mass is 10.2. The number of nitrogens with one attached hydrogen (secondary N) is 1. The summed E-state index contributed by atoms with van der Waals surface area (Å²) in [5.74, 6) is -1.36. The van der Waals surface area contributed by atoms with Gasteiger partial charge in [0.25, 0.3) is 5.91 Å². The van der Waals surface area contributed by atoms with Crippen molar-refractivity contribution in [2.45, 2.75) is 13.3 Å². The van der Waals surface area contributed by atoms with Crippen molar-refractivity contribution >= 4 is 39.8 Å². The third-order valence-electron chi connectivity index (χ3n) is 2.53. The average Bonchev–Trinajstić information content (AvgIpc) is 2.86. The average molecular weight is 311 g/mol. The normalized spacial score (nSPS) is 10.3. The van der Waals surface area contributed by atoms with Gasteiger partial charge in [-0.25, -0.2) is 9.78 Å². The van der Waals surface area contributed by atoms with E-state index in [2.05, 4.69) is 10.3 Å². The molecule has 0 aliphatic heterocycles. The van der Waals surface area contributed by atoms with Crippen molar-refractivity contribution in [1.29, 1.82) is 0 Å². The van der Waals surface area contributed by atoms with Gasteiger partial charge in [0.1, 0.15) is 10.0 Å². The minimum atomic E-state index is -1.02. The largest absolute Gasteiger partial charge is 0.477 e. The number of hydrogen-bond donors (Lipinski definition) is 2. The molecule has 2 aromatic rings. The number of anilines is 1.